The average Bonchev–Trinajstić information content (AvgIpc) is 2.64. The van der Waals surface area contributed by atoms with Crippen LogP contribution >= 0.6 is 0 Å². The van der Waals surface area contributed by atoms with Gasteiger partial charge in [0.15, 0.2) is 0 Å². The lowest BCUT2D eigenvalue weighted by Gasteiger charge is -2.50. The highest BCUT2D eigenvalue weighted by atomic mass is 16.5. The molecular weight excluding hydrogens is 296 g/mol. The van der Waals surface area contributed by atoms with Gasteiger partial charge in [0, 0.05) is 11.8 Å². The molecule has 140 valence electrons. The maximum absolute atomic E-state index is 11.2. The molecule has 1 N–H and O–H groups in total. The van der Waals surface area contributed by atoms with Crippen LogP contribution in [-0.4, -0.2) is 23.4 Å². The molecule has 0 aromatic heterocycles. The molecule has 24 heavy (non-hydrogen) atoms. The topological polar surface area (TPSA) is 29.5 Å². The van der Waals surface area contributed by atoms with E-state index in [-0.39, 0.29) is 6.10 Å². The summed E-state index contributed by atoms with van der Waals surface area (Å²) in [4.78, 5) is 0. The Morgan fingerprint density at radius 2 is 1.38 bits per heavy atom. The number of unbranched alkanes of at least 4 members (excludes halogenated alkanes) is 1. The first-order valence-corrected chi connectivity index (χ1v) is 11.1. The van der Waals surface area contributed by atoms with Gasteiger partial charge in [0.2, 0.25) is 0 Å². The number of aliphatic hydroxyl groups is 1. The lowest BCUT2D eigenvalue weighted by Crippen LogP contribution is -2.55. The van der Waals surface area contributed by atoms with Crippen LogP contribution in [-0.2, 0) is 4.74 Å². The number of aliphatic hydroxyl groups excluding tert-OH is 1. The van der Waals surface area contributed by atoms with Crippen molar-refractivity contribution in [3.05, 3.63) is 0 Å². The molecule has 2 nitrogen and oxygen atoms in total. The summed E-state index contributed by atoms with van der Waals surface area (Å²) in [6.45, 7) is 4.53. The SMILES string of the molecule is CCCC[C@@H]1[C@@H](O)[C@H](C)[C@@H](C2CCCCC2)O[C@H]1C1CCCCC1. The van der Waals surface area contributed by atoms with Crippen molar-refractivity contribution in [2.24, 2.45) is 23.7 Å². The summed E-state index contributed by atoms with van der Waals surface area (Å²) in [6, 6.07) is 0. The van der Waals surface area contributed by atoms with Gasteiger partial charge in [-0.05, 0) is 43.9 Å². The number of ether oxygens (including phenoxy) is 1. The van der Waals surface area contributed by atoms with Crippen LogP contribution in [0.25, 0.3) is 0 Å². The summed E-state index contributed by atoms with van der Waals surface area (Å²) in [5.74, 6) is 2.09. The van der Waals surface area contributed by atoms with E-state index in [1.54, 1.807) is 0 Å². The van der Waals surface area contributed by atoms with Crippen LogP contribution < -0.4 is 0 Å². The minimum atomic E-state index is -0.149. The predicted molar refractivity (Wildman–Crippen MR) is 100.0 cm³/mol. The zero-order chi connectivity index (χ0) is 16.9. The van der Waals surface area contributed by atoms with Crippen molar-refractivity contribution in [1.82, 2.24) is 0 Å². The Labute approximate surface area is 149 Å². The van der Waals surface area contributed by atoms with Gasteiger partial charge in [0.05, 0.1) is 18.3 Å². The molecule has 0 radical (unpaired) electrons. The zero-order valence-corrected chi connectivity index (χ0v) is 16.1. The predicted octanol–water partition coefficient (Wildman–Crippen LogP) is 5.72. The number of hydrogen-bond donors (Lipinski definition) is 1. The first kappa shape index (κ1) is 18.7. The molecule has 0 aromatic rings. The van der Waals surface area contributed by atoms with E-state index in [4.69, 9.17) is 4.74 Å². The molecule has 1 saturated heterocycles. The maximum Gasteiger partial charge on any atom is 0.0660 e. The van der Waals surface area contributed by atoms with E-state index in [1.807, 2.05) is 0 Å². The summed E-state index contributed by atoms with van der Waals surface area (Å²) in [5, 5.41) is 11.2. The Balaban J connectivity index is 1.74. The summed E-state index contributed by atoms with van der Waals surface area (Å²) >= 11 is 0. The van der Waals surface area contributed by atoms with Crippen LogP contribution in [0.1, 0.15) is 97.3 Å². The molecule has 0 aromatic carbocycles. The Bertz CT molecular complexity index is 357. The molecule has 1 aliphatic heterocycles. The fourth-order valence-corrected chi connectivity index (χ4v) is 5.89. The van der Waals surface area contributed by atoms with E-state index in [1.165, 1.54) is 77.0 Å². The minimum absolute atomic E-state index is 0.149. The molecule has 0 spiro atoms. The van der Waals surface area contributed by atoms with Gasteiger partial charge >= 0.3 is 0 Å². The molecule has 2 heteroatoms. The van der Waals surface area contributed by atoms with Crippen LogP contribution in [0.5, 0.6) is 0 Å². The average molecular weight is 337 g/mol. The molecule has 0 bridgehead atoms. The van der Waals surface area contributed by atoms with Crippen molar-refractivity contribution in [1.29, 1.82) is 0 Å². The highest BCUT2D eigenvalue weighted by Gasteiger charge is 2.47. The van der Waals surface area contributed by atoms with Crippen LogP contribution in [0.15, 0.2) is 0 Å². The van der Waals surface area contributed by atoms with E-state index in [0.717, 1.165) is 6.42 Å². The van der Waals surface area contributed by atoms with Crippen molar-refractivity contribution < 1.29 is 9.84 Å². The third-order valence-electron chi connectivity index (χ3n) is 7.35. The van der Waals surface area contributed by atoms with Crippen molar-refractivity contribution in [2.75, 3.05) is 0 Å². The summed E-state index contributed by atoms with van der Waals surface area (Å²) in [6.07, 6.45) is 17.6. The molecule has 0 unspecified atom stereocenters. The van der Waals surface area contributed by atoms with E-state index in [2.05, 4.69) is 13.8 Å². The summed E-state index contributed by atoms with van der Waals surface area (Å²) in [7, 11) is 0. The first-order chi connectivity index (χ1) is 11.7. The third-order valence-corrected chi connectivity index (χ3v) is 7.35. The number of rotatable bonds is 5. The minimum Gasteiger partial charge on any atom is -0.392 e. The second kappa shape index (κ2) is 9.03. The Hall–Kier alpha value is -0.0800. The lowest BCUT2D eigenvalue weighted by atomic mass is 9.69. The Morgan fingerprint density at radius 1 is 0.833 bits per heavy atom. The molecular formula is C22H40O2. The van der Waals surface area contributed by atoms with Gasteiger partial charge in [-0.3, -0.25) is 0 Å². The molecule has 3 rings (SSSR count). The van der Waals surface area contributed by atoms with Crippen LogP contribution in [0, 0.1) is 23.7 Å². The van der Waals surface area contributed by atoms with Gasteiger partial charge in [-0.15, -0.1) is 0 Å². The quantitative estimate of drug-likeness (QED) is 0.696. The standard InChI is InChI=1S/C22H40O2/c1-3-4-15-19-20(23)16(2)21(17-11-7-5-8-12-17)24-22(19)18-13-9-6-10-14-18/h16-23H,3-15H2,1-2H3/t16-,19+,20-,21-,22-/m0/s1. The molecule has 0 amide bonds. The first-order valence-electron chi connectivity index (χ1n) is 11.1. The summed E-state index contributed by atoms with van der Waals surface area (Å²) < 4.78 is 6.90. The van der Waals surface area contributed by atoms with Gasteiger partial charge < -0.3 is 9.84 Å². The van der Waals surface area contributed by atoms with E-state index >= 15 is 0 Å². The molecule has 1 heterocycles. The maximum atomic E-state index is 11.2. The Morgan fingerprint density at radius 3 is 1.92 bits per heavy atom. The Kier molecular flexibility index (Phi) is 7.04. The van der Waals surface area contributed by atoms with Gasteiger partial charge in [-0.2, -0.15) is 0 Å². The molecule has 3 fully saturated rings. The molecule has 5 atom stereocenters. The molecule has 3 aliphatic rings. The highest BCUT2D eigenvalue weighted by Crippen LogP contribution is 2.44. The fourth-order valence-electron chi connectivity index (χ4n) is 5.89. The fraction of sp³-hybridized carbons (Fsp3) is 1.00. The monoisotopic (exact) mass is 336 g/mol. The second-order valence-electron chi connectivity index (χ2n) is 9.02. The number of hydrogen-bond acceptors (Lipinski definition) is 2. The normalized spacial score (nSPS) is 39.9. The zero-order valence-electron chi connectivity index (χ0n) is 16.1. The third kappa shape index (κ3) is 4.18. The van der Waals surface area contributed by atoms with Crippen molar-refractivity contribution in [3.8, 4) is 0 Å². The molecule has 2 saturated carbocycles. The highest BCUT2D eigenvalue weighted by molar-refractivity contribution is 4.95. The van der Waals surface area contributed by atoms with Gasteiger partial charge in [0.25, 0.3) is 0 Å². The van der Waals surface area contributed by atoms with Crippen molar-refractivity contribution >= 4 is 0 Å². The van der Waals surface area contributed by atoms with E-state index in [9.17, 15) is 5.11 Å². The van der Waals surface area contributed by atoms with Crippen LogP contribution in [0.2, 0.25) is 0 Å². The van der Waals surface area contributed by atoms with Crippen LogP contribution in [0.3, 0.4) is 0 Å². The van der Waals surface area contributed by atoms with E-state index < -0.39 is 0 Å². The molecule has 2 aliphatic carbocycles. The summed E-state index contributed by atoms with van der Waals surface area (Å²) in [5.41, 5.74) is 0. The van der Waals surface area contributed by atoms with Crippen molar-refractivity contribution in [2.45, 2.75) is 116 Å². The lowest BCUT2D eigenvalue weighted by molar-refractivity contribution is -0.208. The van der Waals surface area contributed by atoms with Crippen LogP contribution in [0.4, 0.5) is 0 Å². The largest absolute Gasteiger partial charge is 0.392 e. The van der Waals surface area contributed by atoms with Gasteiger partial charge in [0.1, 0.15) is 0 Å². The van der Waals surface area contributed by atoms with Gasteiger partial charge in [-0.1, -0.05) is 65.2 Å². The van der Waals surface area contributed by atoms with Gasteiger partial charge in [-0.25, -0.2) is 0 Å². The van der Waals surface area contributed by atoms with E-state index in [0.29, 0.717) is 35.9 Å². The second-order valence-corrected chi connectivity index (χ2v) is 9.02. The van der Waals surface area contributed by atoms with Crippen molar-refractivity contribution in [3.63, 3.8) is 0 Å². The smallest absolute Gasteiger partial charge is 0.0660 e.